The van der Waals surface area contributed by atoms with Crippen molar-refractivity contribution in [1.29, 1.82) is 0 Å². The third kappa shape index (κ3) is 3.87. The van der Waals surface area contributed by atoms with E-state index in [0.717, 1.165) is 12.0 Å². The SMILES string of the molecule is CC(C)CC(NC1CCN2CCCC2C1)c1ccccc1. The van der Waals surface area contributed by atoms with Crippen LogP contribution in [-0.2, 0) is 0 Å². The quantitative estimate of drug-likeness (QED) is 0.880. The summed E-state index contributed by atoms with van der Waals surface area (Å²) in [7, 11) is 0. The molecule has 0 spiro atoms. The first-order chi connectivity index (χ1) is 10.2. The average Bonchev–Trinajstić information content (AvgIpc) is 2.94. The first-order valence-electron chi connectivity index (χ1n) is 8.77. The minimum absolute atomic E-state index is 0.518. The molecule has 21 heavy (non-hydrogen) atoms. The topological polar surface area (TPSA) is 15.3 Å². The fourth-order valence-electron chi connectivity index (χ4n) is 4.12. The van der Waals surface area contributed by atoms with E-state index < -0.39 is 0 Å². The van der Waals surface area contributed by atoms with Crippen LogP contribution in [0.2, 0.25) is 0 Å². The van der Waals surface area contributed by atoms with Crippen LogP contribution in [0.1, 0.15) is 57.6 Å². The molecule has 2 aliphatic rings. The Labute approximate surface area is 129 Å². The van der Waals surface area contributed by atoms with E-state index in [1.165, 1.54) is 50.8 Å². The molecule has 1 aromatic rings. The molecular weight excluding hydrogens is 256 g/mol. The normalized spacial score (nSPS) is 27.8. The van der Waals surface area contributed by atoms with Gasteiger partial charge in [0.15, 0.2) is 0 Å². The van der Waals surface area contributed by atoms with Crippen LogP contribution in [0.4, 0.5) is 0 Å². The number of hydrogen-bond donors (Lipinski definition) is 1. The number of nitrogens with one attached hydrogen (secondary N) is 1. The summed E-state index contributed by atoms with van der Waals surface area (Å²) >= 11 is 0. The first-order valence-corrected chi connectivity index (χ1v) is 8.77. The number of benzene rings is 1. The lowest BCUT2D eigenvalue weighted by molar-refractivity contribution is 0.158. The van der Waals surface area contributed by atoms with Crippen molar-refractivity contribution in [3.05, 3.63) is 35.9 Å². The second-order valence-electron chi connectivity index (χ2n) is 7.31. The molecule has 0 bridgehead atoms. The summed E-state index contributed by atoms with van der Waals surface area (Å²) in [5, 5.41) is 3.99. The summed E-state index contributed by atoms with van der Waals surface area (Å²) in [6.07, 6.45) is 6.72. The molecular formula is C19H30N2. The molecule has 2 aliphatic heterocycles. The van der Waals surface area contributed by atoms with Gasteiger partial charge in [0.1, 0.15) is 0 Å². The summed E-state index contributed by atoms with van der Waals surface area (Å²) in [5.74, 6) is 0.731. The fraction of sp³-hybridized carbons (Fsp3) is 0.684. The second kappa shape index (κ2) is 6.93. The lowest BCUT2D eigenvalue weighted by Gasteiger charge is -2.37. The number of piperidine rings is 1. The minimum Gasteiger partial charge on any atom is -0.307 e. The van der Waals surface area contributed by atoms with Gasteiger partial charge in [-0.3, -0.25) is 0 Å². The van der Waals surface area contributed by atoms with Crippen LogP contribution in [0, 0.1) is 5.92 Å². The Morgan fingerprint density at radius 3 is 2.71 bits per heavy atom. The zero-order valence-electron chi connectivity index (χ0n) is 13.6. The van der Waals surface area contributed by atoms with E-state index in [1.54, 1.807) is 0 Å². The molecule has 2 nitrogen and oxygen atoms in total. The van der Waals surface area contributed by atoms with Crippen molar-refractivity contribution >= 4 is 0 Å². The van der Waals surface area contributed by atoms with Crippen LogP contribution in [0.15, 0.2) is 30.3 Å². The van der Waals surface area contributed by atoms with E-state index in [0.29, 0.717) is 12.1 Å². The Morgan fingerprint density at radius 2 is 1.95 bits per heavy atom. The van der Waals surface area contributed by atoms with Gasteiger partial charge in [-0.25, -0.2) is 0 Å². The summed E-state index contributed by atoms with van der Waals surface area (Å²) < 4.78 is 0. The maximum Gasteiger partial charge on any atom is 0.0325 e. The smallest absolute Gasteiger partial charge is 0.0325 e. The minimum atomic E-state index is 0.518. The first kappa shape index (κ1) is 15.1. The van der Waals surface area contributed by atoms with Gasteiger partial charge < -0.3 is 10.2 Å². The Hall–Kier alpha value is -0.860. The standard InChI is InChI=1S/C19H30N2/c1-15(2)13-19(16-7-4-3-5-8-16)20-17-10-12-21-11-6-9-18(21)14-17/h3-5,7-8,15,17-20H,6,9-14H2,1-2H3. The summed E-state index contributed by atoms with van der Waals surface area (Å²) in [4.78, 5) is 2.71. The van der Waals surface area contributed by atoms with E-state index in [4.69, 9.17) is 0 Å². The van der Waals surface area contributed by atoms with Crippen molar-refractivity contribution < 1.29 is 0 Å². The molecule has 0 saturated carbocycles. The van der Waals surface area contributed by atoms with Crippen molar-refractivity contribution in [2.24, 2.45) is 5.92 Å². The Balaban J connectivity index is 1.64. The van der Waals surface area contributed by atoms with Gasteiger partial charge in [-0.1, -0.05) is 44.2 Å². The molecule has 3 atom stereocenters. The van der Waals surface area contributed by atoms with Gasteiger partial charge in [-0.2, -0.15) is 0 Å². The predicted octanol–water partition coefficient (Wildman–Crippen LogP) is 3.99. The predicted molar refractivity (Wildman–Crippen MR) is 89.4 cm³/mol. The number of hydrogen-bond acceptors (Lipinski definition) is 2. The highest BCUT2D eigenvalue weighted by atomic mass is 15.2. The molecule has 2 saturated heterocycles. The molecule has 1 aromatic carbocycles. The highest BCUT2D eigenvalue weighted by molar-refractivity contribution is 5.19. The Bertz CT molecular complexity index is 428. The van der Waals surface area contributed by atoms with Crippen molar-refractivity contribution in [3.8, 4) is 0 Å². The van der Waals surface area contributed by atoms with Gasteiger partial charge in [0, 0.05) is 18.1 Å². The van der Waals surface area contributed by atoms with Crippen LogP contribution in [-0.4, -0.2) is 30.1 Å². The molecule has 2 heteroatoms. The Morgan fingerprint density at radius 1 is 1.14 bits per heavy atom. The van der Waals surface area contributed by atoms with Crippen LogP contribution in [0.3, 0.4) is 0 Å². The summed E-state index contributed by atoms with van der Waals surface area (Å²) in [6, 6.07) is 13.1. The number of fused-ring (bicyclic) bond motifs is 1. The van der Waals surface area contributed by atoms with Gasteiger partial charge >= 0.3 is 0 Å². The number of nitrogens with zero attached hydrogens (tertiary/aromatic N) is 1. The third-order valence-electron chi connectivity index (χ3n) is 5.17. The van der Waals surface area contributed by atoms with Gasteiger partial charge in [0.2, 0.25) is 0 Å². The highest BCUT2D eigenvalue weighted by Crippen LogP contribution is 2.29. The van der Waals surface area contributed by atoms with Gasteiger partial charge in [-0.05, 0) is 56.7 Å². The zero-order valence-corrected chi connectivity index (χ0v) is 13.6. The van der Waals surface area contributed by atoms with Gasteiger partial charge in [0.05, 0.1) is 0 Å². The molecule has 116 valence electrons. The van der Waals surface area contributed by atoms with Crippen LogP contribution < -0.4 is 5.32 Å². The molecule has 2 fully saturated rings. The maximum absolute atomic E-state index is 3.99. The second-order valence-corrected chi connectivity index (χ2v) is 7.31. The molecule has 3 unspecified atom stereocenters. The van der Waals surface area contributed by atoms with E-state index in [2.05, 4.69) is 54.4 Å². The highest BCUT2D eigenvalue weighted by Gasteiger charge is 2.32. The van der Waals surface area contributed by atoms with Crippen LogP contribution in [0.5, 0.6) is 0 Å². The molecule has 1 N–H and O–H groups in total. The van der Waals surface area contributed by atoms with E-state index >= 15 is 0 Å². The maximum atomic E-state index is 3.99. The van der Waals surface area contributed by atoms with Crippen molar-refractivity contribution in [3.63, 3.8) is 0 Å². The van der Waals surface area contributed by atoms with E-state index in [1.807, 2.05) is 0 Å². The van der Waals surface area contributed by atoms with Crippen LogP contribution >= 0.6 is 0 Å². The summed E-state index contributed by atoms with van der Waals surface area (Å²) in [5.41, 5.74) is 1.46. The van der Waals surface area contributed by atoms with E-state index in [9.17, 15) is 0 Å². The molecule has 0 aliphatic carbocycles. The van der Waals surface area contributed by atoms with Crippen LogP contribution in [0.25, 0.3) is 0 Å². The molecule has 2 heterocycles. The lowest BCUT2D eigenvalue weighted by Crippen LogP contribution is -2.46. The monoisotopic (exact) mass is 286 g/mol. The summed E-state index contributed by atoms with van der Waals surface area (Å²) in [6.45, 7) is 7.30. The lowest BCUT2D eigenvalue weighted by atomic mass is 9.92. The largest absolute Gasteiger partial charge is 0.307 e. The molecule has 3 rings (SSSR count). The van der Waals surface area contributed by atoms with E-state index in [-0.39, 0.29) is 0 Å². The van der Waals surface area contributed by atoms with Gasteiger partial charge in [0.25, 0.3) is 0 Å². The average molecular weight is 286 g/mol. The zero-order chi connectivity index (χ0) is 14.7. The molecule has 0 radical (unpaired) electrons. The van der Waals surface area contributed by atoms with Crippen molar-refractivity contribution in [1.82, 2.24) is 10.2 Å². The Kier molecular flexibility index (Phi) is 4.97. The fourth-order valence-corrected chi connectivity index (χ4v) is 4.12. The van der Waals surface area contributed by atoms with Crippen molar-refractivity contribution in [2.45, 2.75) is 64.1 Å². The van der Waals surface area contributed by atoms with Gasteiger partial charge in [-0.15, -0.1) is 0 Å². The van der Waals surface area contributed by atoms with Crippen molar-refractivity contribution in [2.75, 3.05) is 13.1 Å². The molecule has 0 amide bonds. The third-order valence-corrected chi connectivity index (χ3v) is 5.17. The number of rotatable bonds is 5. The molecule has 0 aromatic heterocycles.